The van der Waals surface area contributed by atoms with Gasteiger partial charge in [0.15, 0.2) is 6.10 Å². The molecule has 88 valence electrons. The largest absolute Gasteiger partial charge is 0.479 e. The van der Waals surface area contributed by atoms with E-state index in [9.17, 15) is 9.59 Å². The van der Waals surface area contributed by atoms with Crippen molar-refractivity contribution in [1.82, 2.24) is 5.32 Å². The van der Waals surface area contributed by atoms with Gasteiger partial charge in [0.05, 0.1) is 6.54 Å². The number of methoxy groups -OCH3 is 1. The van der Waals surface area contributed by atoms with Crippen LogP contribution in [0.15, 0.2) is 0 Å². The van der Waals surface area contributed by atoms with Crippen LogP contribution in [0.3, 0.4) is 0 Å². The monoisotopic (exact) mass is 217 g/mol. The average molecular weight is 217 g/mol. The van der Waals surface area contributed by atoms with E-state index in [4.69, 9.17) is 5.11 Å². The minimum atomic E-state index is -1.08. The Morgan fingerprint density at radius 2 is 1.93 bits per heavy atom. The summed E-state index contributed by atoms with van der Waals surface area (Å²) in [7, 11) is 1.30. The predicted octanol–water partition coefficient (Wildman–Crippen LogP) is 0.638. The Hall–Kier alpha value is -1.10. The minimum Gasteiger partial charge on any atom is -0.479 e. The highest BCUT2D eigenvalue weighted by Crippen LogP contribution is 2.17. The van der Waals surface area contributed by atoms with Gasteiger partial charge in [-0.15, -0.1) is 0 Å². The van der Waals surface area contributed by atoms with E-state index in [0.717, 1.165) is 0 Å². The summed E-state index contributed by atoms with van der Waals surface area (Å²) in [5, 5.41) is 11.2. The van der Waals surface area contributed by atoms with Gasteiger partial charge in [-0.05, 0) is 5.41 Å². The number of hydrogen-bond donors (Lipinski definition) is 2. The first-order chi connectivity index (χ1) is 6.76. The minimum absolute atomic E-state index is 0.000741. The predicted molar refractivity (Wildman–Crippen MR) is 55.5 cm³/mol. The third-order valence-corrected chi connectivity index (χ3v) is 1.74. The number of carbonyl (C=O) groups is 2. The highest BCUT2D eigenvalue weighted by atomic mass is 16.5. The van der Waals surface area contributed by atoms with Crippen LogP contribution in [0.4, 0.5) is 0 Å². The SMILES string of the molecule is COC(CNC(=O)CC(C)(C)C)C(=O)O. The Morgan fingerprint density at radius 3 is 2.27 bits per heavy atom. The van der Waals surface area contributed by atoms with Crippen molar-refractivity contribution >= 4 is 11.9 Å². The van der Waals surface area contributed by atoms with E-state index >= 15 is 0 Å². The van der Waals surface area contributed by atoms with Gasteiger partial charge >= 0.3 is 5.97 Å². The molecule has 0 fully saturated rings. The summed E-state index contributed by atoms with van der Waals surface area (Å²) in [6, 6.07) is 0. The lowest BCUT2D eigenvalue weighted by atomic mass is 9.92. The maximum Gasteiger partial charge on any atom is 0.334 e. The molecule has 1 unspecified atom stereocenters. The fourth-order valence-corrected chi connectivity index (χ4v) is 1.02. The fourth-order valence-electron chi connectivity index (χ4n) is 1.02. The Labute approximate surface area is 89.8 Å². The molecule has 0 spiro atoms. The number of amides is 1. The van der Waals surface area contributed by atoms with Gasteiger partial charge < -0.3 is 15.2 Å². The van der Waals surface area contributed by atoms with Crippen molar-refractivity contribution in [2.75, 3.05) is 13.7 Å². The molecule has 1 atom stereocenters. The van der Waals surface area contributed by atoms with Gasteiger partial charge in [0, 0.05) is 13.5 Å². The van der Waals surface area contributed by atoms with Crippen LogP contribution in [-0.2, 0) is 14.3 Å². The summed E-state index contributed by atoms with van der Waals surface area (Å²) in [6.07, 6.45) is -0.614. The van der Waals surface area contributed by atoms with Crippen LogP contribution in [0.1, 0.15) is 27.2 Å². The number of carboxylic acids is 1. The first-order valence-corrected chi connectivity index (χ1v) is 4.78. The number of aliphatic carboxylic acids is 1. The maximum absolute atomic E-state index is 11.3. The molecule has 0 aromatic heterocycles. The summed E-state index contributed by atoms with van der Waals surface area (Å²) in [5.41, 5.74) is -0.101. The number of nitrogens with one attached hydrogen (secondary N) is 1. The standard InChI is InChI=1S/C10H19NO4/c1-10(2,3)5-8(12)11-6-7(15-4)9(13)14/h7H,5-6H2,1-4H3,(H,11,12)(H,13,14). The molecular formula is C10H19NO4. The molecule has 5 nitrogen and oxygen atoms in total. The first kappa shape index (κ1) is 13.9. The summed E-state index contributed by atoms with van der Waals surface area (Å²) in [4.78, 5) is 21.9. The van der Waals surface area contributed by atoms with E-state index < -0.39 is 12.1 Å². The second kappa shape index (κ2) is 5.70. The maximum atomic E-state index is 11.3. The number of carbonyl (C=O) groups excluding carboxylic acids is 1. The van der Waals surface area contributed by atoms with Crippen LogP contribution >= 0.6 is 0 Å². The molecule has 0 saturated heterocycles. The van der Waals surface area contributed by atoms with Gasteiger partial charge in [-0.3, -0.25) is 4.79 Å². The van der Waals surface area contributed by atoms with Gasteiger partial charge in [-0.1, -0.05) is 20.8 Å². The van der Waals surface area contributed by atoms with Gasteiger partial charge in [-0.2, -0.15) is 0 Å². The Balaban J connectivity index is 3.94. The molecule has 0 aliphatic heterocycles. The summed E-state index contributed by atoms with van der Waals surface area (Å²) >= 11 is 0. The molecule has 0 radical (unpaired) electrons. The molecule has 2 N–H and O–H groups in total. The molecule has 0 aliphatic rings. The quantitative estimate of drug-likeness (QED) is 0.708. The third-order valence-electron chi connectivity index (χ3n) is 1.74. The molecular weight excluding hydrogens is 198 g/mol. The van der Waals surface area contributed by atoms with Crippen LogP contribution < -0.4 is 5.32 Å². The molecule has 15 heavy (non-hydrogen) atoms. The van der Waals surface area contributed by atoms with Gasteiger partial charge in [0.1, 0.15) is 0 Å². The highest BCUT2D eigenvalue weighted by molar-refractivity contribution is 5.78. The third kappa shape index (κ3) is 6.90. The second-order valence-electron chi connectivity index (χ2n) is 4.60. The Bertz CT molecular complexity index is 232. The van der Waals surface area contributed by atoms with E-state index in [1.54, 1.807) is 0 Å². The van der Waals surface area contributed by atoms with Crippen molar-refractivity contribution in [1.29, 1.82) is 0 Å². The summed E-state index contributed by atoms with van der Waals surface area (Å²) < 4.78 is 4.68. The lowest BCUT2D eigenvalue weighted by Crippen LogP contribution is -2.38. The van der Waals surface area contributed by atoms with Crippen LogP contribution in [0.5, 0.6) is 0 Å². The van der Waals surface area contributed by atoms with Crippen molar-refractivity contribution in [3.63, 3.8) is 0 Å². The molecule has 0 aliphatic carbocycles. The van der Waals surface area contributed by atoms with Crippen molar-refractivity contribution in [3.05, 3.63) is 0 Å². The van der Waals surface area contributed by atoms with E-state index in [0.29, 0.717) is 6.42 Å². The summed E-state index contributed by atoms with van der Waals surface area (Å²) in [5.74, 6) is -1.24. The topological polar surface area (TPSA) is 75.6 Å². The molecule has 0 aromatic rings. The molecule has 0 saturated carbocycles. The van der Waals surface area contributed by atoms with Crippen molar-refractivity contribution in [2.45, 2.75) is 33.3 Å². The van der Waals surface area contributed by atoms with Crippen molar-refractivity contribution in [2.24, 2.45) is 5.41 Å². The summed E-state index contributed by atoms with van der Waals surface area (Å²) in [6.45, 7) is 5.83. The van der Waals surface area contributed by atoms with E-state index in [2.05, 4.69) is 10.1 Å². The lowest BCUT2D eigenvalue weighted by Gasteiger charge is -2.18. The molecule has 1 amide bonds. The van der Waals surface area contributed by atoms with Crippen molar-refractivity contribution in [3.8, 4) is 0 Å². The number of carboxylic acid groups (broad SMARTS) is 1. The first-order valence-electron chi connectivity index (χ1n) is 4.78. The fraction of sp³-hybridized carbons (Fsp3) is 0.800. The zero-order chi connectivity index (χ0) is 12.1. The number of hydrogen-bond acceptors (Lipinski definition) is 3. The van der Waals surface area contributed by atoms with Gasteiger partial charge in [-0.25, -0.2) is 4.79 Å². The smallest absolute Gasteiger partial charge is 0.334 e. The van der Waals surface area contributed by atoms with Gasteiger partial charge in [0.25, 0.3) is 0 Å². The molecule has 0 heterocycles. The normalized spacial score (nSPS) is 13.3. The molecule has 0 bridgehead atoms. The highest BCUT2D eigenvalue weighted by Gasteiger charge is 2.19. The van der Waals surface area contributed by atoms with Crippen LogP contribution in [0, 0.1) is 5.41 Å². The molecule has 0 aromatic carbocycles. The lowest BCUT2D eigenvalue weighted by molar-refractivity contribution is -0.148. The van der Waals surface area contributed by atoms with E-state index in [1.807, 2.05) is 20.8 Å². The van der Waals surface area contributed by atoms with Crippen LogP contribution in [-0.4, -0.2) is 36.7 Å². The molecule has 5 heteroatoms. The zero-order valence-electron chi connectivity index (χ0n) is 9.66. The number of rotatable bonds is 5. The van der Waals surface area contributed by atoms with E-state index in [1.165, 1.54) is 7.11 Å². The van der Waals surface area contributed by atoms with Crippen LogP contribution in [0.25, 0.3) is 0 Å². The second-order valence-corrected chi connectivity index (χ2v) is 4.60. The average Bonchev–Trinajstić information content (AvgIpc) is 2.01. The van der Waals surface area contributed by atoms with E-state index in [-0.39, 0.29) is 17.9 Å². The zero-order valence-corrected chi connectivity index (χ0v) is 9.66. The van der Waals surface area contributed by atoms with Gasteiger partial charge in [0.2, 0.25) is 5.91 Å². The Morgan fingerprint density at radius 1 is 1.40 bits per heavy atom. The van der Waals surface area contributed by atoms with Crippen molar-refractivity contribution < 1.29 is 19.4 Å². The molecule has 0 rings (SSSR count). The van der Waals surface area contributed by atoms with Crippen LogP contribution in [0.2, 0.25) is 0 Å². The Kier molecular flexibility index (Phi) is 5.28. The number of ether oxygens (including phenoxy) is 1.